The molecule has 18 aromatic rings. The van der Waals surface area contributed by atoms with Gasteiger partial charge in [-0.2, -0.15) is 0 Å². The number of hydrogen-bond donors (Lipinski definition) is 0. The third-order valence-electron chi connectivity index (χ3n) is 19.0. The number of rotatable bonds is 8. The van der Waals surface area contributed by atoms with Gasteiger partial charge >= 0.3 is 570 Å². The Kier molecular flexibility index (Phi) is 11.0. The molecule has 22 rings (SSSR count). The molecule has 0 unspecified atom stereocenters. The number of halogens is 2. The topological polar surface area (TPSA) is 227 Å². The average Bonchev–Trinajstić information content (AvgIpc) is 1.51. The van der Waals surface area contributed by atoms with Crippen molar-refractivity contribution in [1.82, 2.24) is 85.3 Å². The van der Waals surface area contributed by atoms with Gasteiger partial charge in [0.1, 0.15) is 0 Å². The quantitative estimate of drug-likeness (QED) is 0.133. The van der Waals surface area contributed by atoms with Gasteiger partial charge in [0, 0.05) is 0 Å². The van der Waals surface area contributed by atoms with Gasteiger partial charge in [0.05, 0.1) is 0 Å². The molecule has 10 aromatic heterocycles. The van der Waals surface area contributed by atoms with E-state index in [9.17, 15) is 20.0 Å². The zero-order valence-corrected chi connectivity index (χ0v) is 54.7. The number of aromatic nitrogens is 18. The van der Waals surface area contributed by atoms with Crippen LogP contribution in [0.25, 0.3) is 110 Å². The number of benzene rings is 8. The van der Waals surface area contributed by atoms with Gasteiger partial charge in [0.15, 0.2) is 0 Å². The second-order valence-corrected chi connectivity index (χ2v) is 34.5. The van der Waals surface area contributed by atoms with Crippen LogP contribution < -0.4 is 11.0 Å². The van der Waals surface area contributed by atoms with Crippen LogP contribution in [0.5, 0.6) is 0 Å². The maximum absolute atomic E-state index is 9.27. The van der Waals surface area contributed by atoms with E-state index in [0.717, 1.165) is 43.1 Å². The Morgan fingerprint density at radius 1 is 0.232 bits per heavy atom. The van der Waals surface area contributed by atoms with Crippen LogP contribution >= 0.6 is 20.0 Å². The predicted molar refractivity (Wildman–Crippen MR) is 380 cm³/mol. The molecule has 27 heteroatoms. The standard InChI is InChI=1S/C72H40Cl2GeN24/c73-75(74)98-69-53-54(62(95-38-14-30-81-95)46-22-6-5-21-45(46)61(53)94-37-13-29-80-94)71(98)88-67-51-52(60(93-36-12-28-79-93)44-20-4-3-19-43(44)59(51)92-35-11-27-78-92)68(85-67)89-72-56-55(63(96-39-15-31-82-96)47-23-7-8-24-48(47)64(56)97-40-16-32-83-97)70(99(72)75)87-66-50-49(65(84-66)86-69)57(90-33-9-25-76-90)41-17-1-2-18-42(41)58(50)91-34-10-26-77-91/h1-40H. The average molecular weight is 1380 g/mol. The molecule has 466 valence electrons. The van der Waals surface area contributed by atoms with Crippen LogP contribution in [0.3, 0.4) is 0 Å². The molecule has 0 atom stereocenters. The summed E-state index contributed by atoms with van der Waals surface area (Å²) in [6.07, 6.45) is 29.5. The van der Waals surface area contributed by atoms with Crippen molar-refractivity contribution in [3.8, 4) is 45.5 Å². The summed E-state index contributed by atoms with van der Waals surface area (Å²) in [5.41, 5.74) is 8.28. The fraction of sp³-hybridized carbons (Fsp3) is 0. The van der Waals surface area contributed by atoms with E-state index in [1.165, 1.54) is 0 Å². The molecule has 0 N–H and O–H groups in total. The van der Waals surface area contributed by atoms with Crippen molar-refractivity contribution in [2.45, 2.75) is 0 Å². The SMILES string of the molecule is [Cl][Ge]1([Cl])[n]2c3c4c(-n5cccn5)c5ccccc5c(-n5cccn5)c4c2N=C2N=C(N=c4c5c(-n6cccn6)c6ccccc6c(-n6cccn6)c5c([n]41)=NC1=NC(=N3)c3c1c(-n1cccn1)c1ccccc1c3-n1cccn1)c1c2c(-n2cccn2)c2ccccc2c1-n1cccn1. The molecule has 4 aliphatic rings. The van der Waals surface area contributed by atoms with Crippen LogP contribution in [0.1, 0.15) is 22.3 Å². The molecule has 0 saturated heterocycles. The summed E-state index contributed by atoms with van der Waals surface area (Å²) in [4.78, 5) is 36.1. The van der Waals surface area contributed by atoms with Crippen molar-refractivity contribution in [2.75, 3.05) is 0 Å². The van der Waals surface area contributed by atoms with Crippen LogP contribution in [0.4, 0.5) is 11.6 Å². The number of nitrogens with zero attached hydrogens (tertiary/aromatic N) is 24. The van der Waals surface area contributed by atoms with Crippen LogP contribution in [0, 0.1) is 0 Å². The molecule has 24 nitrogen and oxygen atoms in total. The molecule has 0 amide bonds. The summed E-state index contributed by atoms with van der Waals surface area (Å²) >= 11 is -5.87. The summed E-state index contributed by atoms with van der Waals surface area (Å²) in [5, 5.41) is 49.1. The maximum atomic E-state index is 9.27. The van der Waals surface area contributed by atoms with Crippen molar-refractivity contribution < 1.29 is 0 Å². The molecule has 8 aromatic carbocycles. The van der Waals surface area contributed by atoms with Gasteiger partial charge in [0.25, 0.3) is 0 Å². The van der Waals surface area contributed by atoms with Crippen LogP contribution in [-0.4, -0.2) is 120 Å². The van der Waals surface area contributed by atoms with Gasteiger partial charge in [-0.15, -0.1) is 0 Å². The Morgan fingerprint density at radius 3 is 0.697 bits per heavy atom. The summed E-state index contributed by atoms with van der Waals surface area (Å²) in [5.74, 6) is 1.63. The number of aliphatic imine (C=N–C) groups is 4. The monoisotopic (exact) mass is 1380 g/mol. The van der Waals surface area contributed by atoms with E-state index in [-0.39, 0.29) is 46.0 Å². The normalized spacial score (nSPS) is 14.2. The van der Waals surface area contributed by atoms with Crippen molar-refractivity contribution >= 4 is 131 Å². The molecule has 0 aliphatic carbocycles. The second-order valence-electron chi connectivity index (χ2n) is 24.0. The van der Waals surface area contributed by atoms with Crippen LogP contribution in [0.2, 0.25) is 0 Å². The Bertz CT molecular complexity index is 6380. The van der Waals surface area contributed by atoms with Gasteiger partial charge in [-0.05, 0) is 0 Å². The zero-order valence-electron chi connectivity index (χ0n) is 51.1. The van der Waals surface area contributed by atoms with Gasteiger partial charge in [-0.1, -0.05) is 0 Å². The molecule has 0 fully saturated rings. The molecule has 4 aliphatic heterocycles. The Labute approximate surface area is 566 Å². The first-order chi connectivity index (χ1) is 48.9. The van der Waals surface area contributed by atoms with Crippen LogP contribution in [-0.2, 0) is 0 Å². The molecule has 0 spiro atoms. The van der Waals surface area contributed by atoms with Gasteiger partial charge in [0.2, 0.25) is 0 Å². The van der Waals surface area contributed by atoms with E-state index < -0.39 is 11.9 Å². The van der Waals surface area contributed by atoms with Crippen molar-refractivity contribution in [3.63, 3.8) is 0 Å². The second kappa shape index (κ2) is 20.0. The van der Waals surface area contributed by atoms with E-state index in [1.807, 2.05) is 191 Å². The predicted octanol–water partition coefficient (Wildman–Crippen LogP) is 11.9. The summed E-state index contributed by atoms with van der Waals surface area (Å²) in [6, 6.07) is 48.0. The Morgan fingerprint density at radius 2 is 0.455 bits per heavy atom. The fourth-order valence-electron chi connectivity index (χ4n) is 15.3. The van der Waals surface area contributed by atoms with E-state index >= 15 is 0 Å². The van der Waals surface area contributed by atoms with E-state index in [2.05, 4.69) is 48.5 Å². The van der Waals surface area contributed by atoms with Gasteiger partial charge < -0.3 is 0 Å². The Hall–Kier alpha value is -13.0. The molecule has 99 heavy (non-hydrogen) atoms. The first-order valence-corrected chi connectivity index (χ1v) is 39.0. The van der Waals surface area contributed by atoms with Crippen LogP contribution in [0.15, 0.2) is 275 Å². The van der Waals surface area contributed by atoms with Crippen molar-refractivity contribution in [3.05, 3.63) is 278 Å². The fourth-order valence-corrected chi connectivity index (χ4v) is 22.5. The molecule has 0 saturated carbocycles. The Balaban J connectivity index is 1.08. The summed E-state index contributed by atoms with van der Waals surface area (Å²) in [6.45, 7) is 0. The summed E-state index contributed by atoms with van der Waals surface area (Å²) in [7, 11) is 18.5. The number of amidine groups is 4. The molecular weight excluding hydrogens is 1340 g/mol. The first kappa shape index (κ1) is 54.2. The molecular formula is C72H40Cl2GeN24. The summed E-state index contributed by atoms with van der Waals surface area (Å²) < 4.78 is 18.8. The molecule has 6 bridgehead atoms. The minimum atomic E-state index is -5.87. The van der Waals surface area contributed by atoms with E-state index in [4.69, 9.17) is 70.7 Å². The minimum absolute atomic E-state index is 0.263. The van der Waals surface area contributed by atoms with Gasteiger partial charge in [-0.3, -0.25) is 0 Å². The van der Waals surface area contributed by atoms with Crippen molar-refractivity contribution in [2.24, 2.45) is 30.0 Å². The third kappa shape index (κ3) is 7.30. The van der Waals surface area contributed by atoms with E-state index in [1.54, 1.807) is 49.6 Å². The number of hydrogen-bond acceptors (Lipinski definition) is 14. The van der Waals surface area contributed by atoms with Crippen molar-refractivity contribution in [1.29, 1.82) is 0 Å². The first-order valence-electron chi connectivity index (χ1n) is 31.6. The molecule has 0 radical (unpaired) electrons. The van der Waals surface area contributed by atoms with E-state index in [0.29, 0.717) is 89.3 Å². The third-order valence-corrected chi connectivity index (χ3v) is 26.5. The zero-order chi connectivity index (χ0) is 64.9. The molecule has 14 heterocycles. The van der Waals surface area contributed by atoms with Gasteiger partial charge in [-0.25, -0.2) is 0 Å². The number of fused-ring (bicyclic) bond motifs is 18.